The van der Waals surface area contributed by atoms with Gasteiger partial charge >= 0.3 is 0 Å². The van der Waals surface area contributed by atoms with Gasteiger partial charge < -0.3 is 23.7 Å². The van der Waals surface area contributed by atoms with Crippen LogP contribution in [0.4, 0.5) is 0 Å². The molecule has 154 valence electrons. The summed E-state index contributed by atoms with van der Waals surface area (Å²) in [5.74, 6) is 2.08. The molecule has 1 atom stereocenters. The van der Waals surface area contributed by atoms with Crippen LogP contribution in [0.5, 0.6) is 11.5 Å². The van der Waals surface area contributed by atoms with E-state index in [1.54, 1.807) is 50.0 Å². The van der Waals surface area contributed by atoms with Gasteiger partial charge in [0, 0.05) is 24.1 Å². The molecule has 2 aromatic carbocycles. The summed E-state index contributed by atoms with van der Waals surface area (Å²) in [7, 11) is 1.60. The van der Waals surface area contributed by atoms with Crippen LogP contribution in [-0.4, -0.2) is 26.9 Å². The molecule has 2 N–H and O–H groups in total. The summed E-state index contributed by atoms with van der Waals surface area (Å²) in [5, 5.41) is 17.3. The van der Waals surface area contributed by atoms with E-state index in [9.17, 15) is 5.11 Å². The third kappa shape index (κ3) is 4.86. The van der Waals surface area contributed by atoms with E-state index in [1.807, 2.05) is 35.0 Å². The Bertz CT molecular complexity index is 1040. The van der Waals surface area contributed by atoms with Crippen LogP contribution in [0.25, 0.3) is 5.69 Å². The highest BCUT2D eigenvalue weighted by atomic mass is 16.5. The number of nitrogens with one attached hydrogen (secondary N) is 1. The summed E-state index contributed by atoms with van der Waals surface area (Å²) in [6.07, 6.45) is 4.53. The molecular weight excluding hydrogens is 384 g/mol. The van der Waals surface area contributed by atoms with Crippen molar-refractivity contribution in [3.63, 3.8) is 0 Å². The molecule has 0 bridgehead atoms. The third-order valence-corrected chi connectivity index (χ3v) is 4.53. The van der Waals surface area contributed by atoms with Crippen molar-refractivity contribution < 1.29 is 19.1 Å². The van der Waals surface area contributed by atoms with E-state index in [0.717, 1.165) is 22.7 Å². The second kappa shape index (κ2) is 9.25. The van der Waals surface area contributed by atoms with E-state index in [2.05, 4.69) is 15.5 Å². The van der Waals surface area contributed by atoms with Crippen molar-refractivity contribution in [3.8, 4) is 17.2 Å². The monoisotopic (exact) mass is 406 g/mol. The summed E-state index contributed by atoms with van der Waals surface area (Å²) in [4.78, 5) is 4.04. The average molecular weight is 406 g/mol. The molecule has 1 unspecified atom stereocenters. The highest BCUT2D eigenvalue weighted by Gasteiger charge is 2.10. The van der Waals surface area contributed by atoms with Crippen molar-refractivity contribution in [1.29, 1.82) is 0 Å². The van der Waals surface area contributed by atoms with E-state index < -0.39 is 6.23 Å². The van der Waals surface area contributed by atoms with Gasteiger partial charge in [-0.2, -0.15) is 0 Å². The van der Waals surface area contributed by atoms with Crippen molar-refractivity contribution in [2.24, 2.45) is 0 Å². The first-order valence-electron chi connectivity index (χ1n) is 9.42. The molecule has 0 fully saturated rings. The number of rotatable bonds is 9. The van der Waals surface area contributed by atoms with Crippen LogP contribution < -0.4 is 14.8 Å². The zero-order valence-corrected chi connectivity index (χ0v) is 16.4. The number of hydrogen-bond acceptors (Lipinski definition) is 7. The molecule has 8 nitrogen and oxygen atoms in total. The van der Waals surface area contributed by atoms with Crippen LogP contribution in [0, 0.1) is 0 Å². The Morgan fingerprint density at radius 3 is 2.57 bits per heavy atom. The van der Waals surface area contributed by atoms with Crippen LogP contribution in [0.3, 0.4) is 0 Å². The Kier molecular flexibility index (Phi) is 6.07. The fourth-order valence-electron chi connectivity index (χ4n) is 2.89. The fraction of sp³-hybridized carbons (Fsp3) is 0.182. The molecule has 0 spiro atoms. The predicted octanol–water partition coefficient (Wildman–Crippen LogP) is 3.23. The summed E-state index contributed by atoms with van der Waals surface area (Å²) < 4.78 is 18.1. The smallest absolute Gasteiger partial charge is 0.150 e. The second-order valence-electron chi connectivity index (χ2n) is 6.59. The van der Waals surface area contributed by atoms with E-state index in [4.69, 9.17) is 14.0 Å². The lowest BCUT2D eigenvalue weighted by Crippen LogP contribution is -2.20. The molecular formula is C22H22N4O4. The van der Waals surface area contributed by atoms with Crippen LogP contribution in [0.15, 0.2) is 77.8 Å². The van der Waals surface area contributed by atoms with Gasteiger partial charge in [-0.15, -0.1) is 0 Å². The van der Waals surface area contributed by atoms with Gasteiger partial charge in [0.05, 0.1) is 20.0 Å². The molecule has 0 aliphatic rings. The first-order chi connectivity index (χ1) is 14.7. The van der Waals surface area contributed by atoms with Gasteiger partial charge in [-0.05, 0) is 42.0 Å². The number of aromatic nitrogens is 3. The number of methoxy groups -OCH3 is 1. The van der Waals surface area contributed by atoms with E-state index in [0.29, 0.717) is 18.0 Å². The summed E-state index contributed by atoms with van der Waals surface area (Å²) in [6, 6.07) is 16.7. The van der Waals surface area contributed by atoms with Gasteiger partial charge in [0.15, 0.2) is 5.76 Å². The number of ether oxygens (including phenoxy) is 2. The van der Waals surface area contributed by atoms with Crippen LogP contribution in [0.1, 0.15) is 23.2 Å². The average Bonchev–Trinajstić information content (AvgIpc) is 3.49. The number of nitrogens with zero attached hydrogens (tertiary/aromatic N) is 3. The fourth-order valence-corrected chi connectivity index (χ4v) is 2.89. The van der Waals surface area contributed by atoms with Crippen molar-refractivity contribution >= 4 is 0 Å². The zero-order chi connectivity index (χ0) is 20.8. The van der Waals surface area contributed by atoms with Gasteiger partial charge in [0.25, 0.3) is 0 Å². The molecule has 0 saturated carbocycles. The molecule has 2 heterocycles. The minimum absolute atomic E-state index is 0.287. The lowest BCUT2D eigenvalue weighted by molar-refractivity contribution is 0.133. The lowest BCUT2D eigenvalue weighted by Gasteiger charge is -2.12. The quantitative estimate of drug-likeness (QED) is 0.412. The molecule has 4 rings (SSSR count). The predicted molar refractivity (Wildman–Crippen MR) is 109 cm³/mol. The topological polar surface area (TPSA) is 94.6 Å². The minimum Gasteiger partial charge on any atom is -0.497 e. The molecule has 0 aliphatic heterocycles. The van der Waals surface area contributed by atoms with Gasteiger partial charge in [0.2, 0.25) is 0 Å². The maximum absolute atomic E-state index is 10.3. The molecule has 30 heavy (non-hydrogen) atoms. The Morgan fingerprint density at radius 2 is 1.87 bits per heavy atom. The van der Waals surface area contributed by atoms with Crippen LogP contribution in [0.2, 0.25) is 0 Å². The number of imidazole rings is 1. The summed E-state index contributed by atoms with van der Waals surface area (Å²) in [6.45, 7) is 0.620. The van der Waals surface area contributed by atoms with E-state index in [1.165, 1.54) is 0 Å². The molecule has 0 radical (unpaired) electrons. The number of aliphatic hydroxyl groups excluding tert-OH is 1. The Hall–Kier alpha value is -3.62. The number of benzene rings is 2. The normalized spacial score (nSPS) is 11.9. The minimum atomic E-state index is -0.824. The summed E-state index contributed by atoms with van der Waals surface area (Å²) >= 11 is 0. The van der Waals surface area contributed by atoms with Gasteiger partial charge in [-0.3, -0.25) is 5.32 Å². The molecule has 0 saturated heterocycles. The maximum Gasteiger partial charge on any atom is 0.150 e. The Morgan fingerprint density at radius 1 is 1.10 bits per heavy atom. The van der Waals surface area contributed by atoms with Gasteiger partial charge in [-0.1, -0.05) is 17.3 Å². The maximum atomic E-state index is 10.3. The Balaban J connectivity index is 1.26. The van der Waals surface area contributed by atoms with Crippen molar-refractivity contribution in [1.82, 2.24) is 20.0 Å². The molecule has 4 aromatic rings. The Labute approximate surface area is 173 Å². The second-order valence-corrected chi connectivity index (χ2v) is 6.59. The molecule has 2 aromatic heterocycles. The van der Waals surface area contributed by atoms with Gasteiger partial charge in [-0.25, -0.2) is 4.98 Å². The molecule has 8 heteroatoms. The first-order valence-corrected chi connectivity index (χ1v) is 9.42. The first kappa shape index (κ1) is 19.7. The molecule has 0 amide bonds. The standard InChI is InChI=1S/C22H22N4O4/c1-28-19-6-2-16(3-7-19)22(27)24-13-21-12-17(25-30-21)14-29-20-8-4-18(5-9-20)26-11-10-23-15-26/h2-12,15,22,24,27H,13-14H2,1H3. The van der Waals surface area contributed by atoms with Gasteiger partial charge in [0.1, 0.15) is 30.0 Å². The largest absolute Gasteiger partial charge is 0.497 e. The number of aliphatic hydroxyl groups is 1. The highest BCUT2D eigenvalue weighted by Crippen LogP contribution is 2.18. The lowest BCUT2D eigenvalue weighted by atomic mass is 10.2. The molecule has 0 aliphatic carbocycles. The van der Waals surface area contributed by atoms with Crippen molar-refractivity contribution in [2.75, 3.05) is 7.11 Å². The van der Waals surface area contributed by atoms with E-state index in [-0.39, 0.29) is 6.61 Å². The third-order valence-electron chi connectivity index (χ3n) is 4.53. The van der Waals surface area contributed by atoms with Crippen molar-refractivity contribution in [2.45, 2.75) is 19.4 Å². The zero-order valence-electron chi connectivity index (χ0n) is 16.4. The van der Waals surface area contributed by atoms with Crippen molar-refractivity contribution in [3.05, 3.63) is 90.3 Å². The highest BCUT2D eigenvalue weighted by molar-refractivity contribution is 5.37. The van der Waals surface area contributed by atoms with Crippen LogP contribution >= 0.6 is 0 Å². The number of hydrogen-bond donors (Lipinski definition) is 2. The van der Waals surface area contributed by atoms with E-state index >= 15 is 0 Å². The summed E-state index contributed by atoms with van der Waals surface area (Å²) in [5.41, 5.74) is 2.41. The SMILES string of the molecule is COc1ccc(C(O)NCc2cc(COc3ccc(-n4ccnc4)cc3)no2)cc1. The van der Waals surface area contributed by atoms with Crippen LogP contribution in [-0.2, 0) is 13.2 Å².